The second kappa shape index (κ2) is 6.85. The van der Waals surface area contributed by atoms with Crippen molar-refractivity contribution in [3.8, 4) is 0 Å². The number of amides is 1. The highest BCUT2D eigenvalue weighted by Gasteiger charge is 1.98. The highest BCUT2D eigenvalue weighted by molar-refractivity contribution is 7.80. The number of nitrogens with two attached hydrogens (primary N) is 1. The topological polar surface area (TPSA) is 75.3 Å². The SMILES string of the molecule is NC(=S)c1ccc(CCCCNC(=O)O)cc1. The van der Waals surface area contributed by atoms with Crippen LogP contribution < -0.4 is 11.1 Å². The number of hydrogen-bond donors (Lipinski definition) is 3. The molecule has 1 aromatic rings. The van der Waals surface area contributed by atoms with E-state index in [-0.39, 0.29) is 0 Å². The standard InChI is InChI=1S/C12H16N2O2S/c13-11(17)10-6-4-9(5-7-10)3-1-2-8-14-12(15)16/h4-7,14H,1-3,8H2,(H2,13,17)(H,15,16). The van der Waals surface area contributed by atoms with Crippen LogP contribution in [0.3, 0.4) is 0 Å². The molecule has 0 aliphatic carbocycles. The van der Waals surface area contributed by atoms with Crippen LogP contribution in [0.2, 0.25) is 0 Å². The van der Waals surface area contributed by atoms with Crippen molar-refractivity contribution in [3.05, 3.63) is 35.4 Å². The number of carboxylic acid groups (broad SMARTS) is 1. The molecule has 1 aromatic carbocycles. The zero-order chi connectivity index (χ0) is 12.7. The van der Waals surface area contributed by atoms with E-state index < -0.39 is 6.09 Å². The van der Waals surface area contributed by atoms with E-state index in [9.17, 15) is 4.79 Å². The van der Waals surface area contributed by atoms with Gasteiger partial charge in [-0.2, -0.15) is 0 Å². The maximum atomic E-state index is 10.2. The third-order valence-corrected chi connectivity index (χ3v) is 2.64. The summed E-state index contributed by atoms with van der Waals surface area (Å²) in [5, 5.41) is 10.7. The number of benzene rings is 1. The highest BCUT2D eigenvalue weighted by Crippen LogP contribution is 2.07. The number of carbonyl (C=O) groups is 1. The Morgan fingerprint density at radius 3 is 2.47 bits per heavy atom. The van der Waals surface area contributed by atoms with Crippen molar-refractivity contribution in [2.75, 3.05) is 6.54 Å². The number of rotatable bonds is 6. The molecule has 17 heavy (non-hydrogen) atoms. The lowest BCUT2D eigenvalue weighted by molar-refractivity contribution is 0.194. The average Bonchev–Trinajstić information content (AvgIpc) is 2.29. The monoisotopic (exact) mass is 252 g/mol. The van der Waals surface area contributed by atoms with E-state index >= 15 is 0 Å². The van der Waals surface area contributed by atoms with E-state index in [0.29, 0.717) is 11.5 Å². The normalized spacial score (nSPS) is 9.88. The summed E-state index contributed by atoms with van der Waals surface area (Å²) in [5.74, 6) is 0. The Morgan fingerprint density at radius 2 is 1.94 bits per heavy atom. The Hall–Kier alpha value is -1.62. The van der Waals surface area contributed by atoms with Gasteiger partial charge in [0, 0.05) is 12.1 Å². The first-order chi connectivity index (χ1) is 8.09. The van der Waals surface area contributed by atoms with Gasteiger partial charge in [-0.3, -0.25) is 0 Å². The molecule has 0 bridgehead atoms. The Balaban J connectivity index is 2.27. The first-order valence-electron chi connectivity index (χ1n) is 5.45. The Kier molecular flexibility index (Phi) is 5.42. The molecule has 0 heterocycles. The predicted molar refractivity (Wildman–Crippen MR) is 71.3 cm³/mol. The van der Waals surface area contributed by atoms with Crippen molar-refractivity contribution in [1.29, 1.82) is 0 Å². The van der Waals surface area contributed by atoms with Crippen LogP contribution in [0.1, 0.15) is 24.0 Å². The van der Waals surface area contributed by atoms with Crippen LogP contribution in [-0.2, 0) is 6.42 Å². The molecular weight excluding hydrogens is 236 g/mol. The molecule has 92 valence electrons. The molecular formula is C12H16N2O2S. The summed E-state index contributed by atoms with van der Waals surface area (Å²) in [7, 11) is 0. The predicted octanol–water partition coefficient (Wildman–Crippen LogP) is 1.91. The molecule has 0 saturated carbocycles. The van der Waals surface area contributed by atoms with E-state index in [0.717, 1.165) is 24.8 Å². The Labute approximate surface area is 106 Å². The fraction of sp³-hybridized carbons (Fsp3) is 0.333. The molecule has 0 atom stereocenters. The van der Waals surface area contributed by atoms with Gasteiger partial charge in [0.2, 0.25) is 0 Å². The molecule has 4 nitrogen and oxygen atoms in total. The zero-order valence-corrected chi connectivity index (χ0v) is 10.3. The van der Waals surface area contributed by atoms with E-state index in [1.54, 1.807) is 0 Å². The lowest BCUT2D eigenvalue weighted by Gasteiger charge is -2.03. The molecule has 4 N–H and O–H groups in total. The van der Waals surface area contributed by atoms with Gasteiger partial charge < -0.3 is 16.2 Å². The summed E-state index contributed by atoms with van der Waals surface area (Å²) in [5.41, 5.74) is 7.58. The van der Waals surface area contributed by atoms with Crippen LogP contribution in [0.5, 0.6) is 0 Å². The Morgan fingerprint density at radius 1 is 1.29 bits per heavy atom. The summed E-state index contributed by atoms with van der Waals surface area (Å²) >= 11 is 4.87. The number of nitrogens with one attached hydrogen (secondary N) is 1. The van der Waals surface area contributed by atoms with Crippen molar-refractivity contribution >= 4 is 23.3 Å². The van der Waals surface area contributed by atoms with Gasteiger partial charge in [-0.15, -0.1) is 0 Å². The highest BCUT2D eigenvalue weighted by atomic mass is 32.1. The molecule has 0 aliphatic rings. The first-order valence-corrected chi connectivity index (χ1v) is 5.86. The van der Waals surface area contributed by atoms with Crippen molar-refractivity contribution in [3.63, 3.8) is 0 Å². The molecule has 0 aliphatic heterocycles. The molecule has 5 heteroatoms. The third kappa shape index (κ3) is 5.31. The van der Waals surface area contributed by atoms with Gasteiger partial charge >= 0.3 is 6.09 Å². The van der Waals surface area contributed by atoms with Gasteiger partial charge in [-0.1, -0.05) is 36.5 Å². The largest absolute Gasteiger partial charge is 0.465 e. The number of hydrogen-bond acceptors (Lipinski definition) is 2. The maximum absolute atomic E-state index is 10.2. The minimum absolute atomic E-state index is 0.405. The van der Waals surface area contributed by atoms with E-state index in [2.05, 4.69) is 5.32 Å². The summed E-state index contributed by atoms with van der Waals surface area (Å²) < 4.78 is 0. The van der Waals surface area contributed by atoms with Crippen LogP contribution in [-0.4, -0.2) is 22.7 Å². The Bertz CT molecular complexity index is 390. The smallest absolute Gasteiger partial charge is 0.404 e. The first kappa shape index (κ1) is 13.4. The molecule has 1 amide bonds. The van der Waals surface area contributed by atoms with E-state index in [1.165, 1.54) is 5.56 Å². The molecule has 0 aromatic heterocycles. The summed E-state index contributed by atoms with van der Waals surface area (Å²) in [6.07, 6.45) is 1.75. The molecule has 0 unspecified atom stereocenters. The molecule has 0 spiro atoms. The zero-order valence-electron chi connectivity index (χ0n) is 9.48. The average molecular weight is 252 g/mol. The van der Waals surface area contributed by atoms with Crippen LogP contribution in [0, 0.1) is 0 Å². The van der Waals surface area contributed by atoms with Crippen molar-refractivity contribution in [2.45, 2.75) is 19.3 Å². The van der Waals surface area contributed by atoms with Crippen LogP contribution in [0.4, 0.5) is 4.79 Å². The quantitative estimate of drug-likeness (QED) is 0.534. The summed E-state index contributed by atoms with van der Waals surface area (Å²) in [4.78, 5) is 10.6. The van der Waals surface area contributed by atoms with Crippen molar-refractivity contribution in [2.24, 2.45) is 5.73 Å². The third-order valence-electron chi connectivity index (χ3n) is 2.41. The van der Waals surface area contributed by atoms with Crippen molar-refractivity contribution < 1.29 is 9.90 Å². The molecule has 0 saturated heterocycles. The molecule has 0 fully saturated rings. The van der Waals surface area contributed by atoms with Crippen molar-refractivity contribution in [1.82, 2.24) is 5.32 Å². The van der Waals surface area contributed by atoms with Gasteiger partial charge in [0.25, 0.3) is 0 Å². The van der Waals surface area contributed by atoms with Gasteiger partial charge in [-0.25, -0.2) is 4.79 Å². The lowest BCUT2D eigenvalue weighted by atomic mass is 10.1. The van der Waals surface area contributed by atoms with Crippen LogP contribution >= 0.6 is 12.2 Å². The molecule has 1 rings (SSSR count). The minimum atomic E-state index is -0.967. The van der Waals surface area contributed by atoms with E-state index in [1.807, 2.05) is 24.3 Å². The lowest BCUT2D eigenvalue weighted by Crippen LogP contribution is -2.21. The van der Waals surface area contributed by atoms with Crippen LogP contribution in [0.15, 0.2) is 24.3 Å². The van der Waals surface area contributed by atoms with Crippen LogP contribution in [0.25, 0.3) is 0 Å². The van der Waals surface area contributed by atoms with Gasteiger partial charge in [-0.05, 0) is 24.8 Å². The van der Waals surface area contributed by atoms with Gasteiger partial charge in [0.1, 0.15) is 4.99 Å². The van der Waals surface area contributed by atoms with Gasteiger partial charge in [0.15, 0.2) is 0 Å². The maximum Gasteiger partial charge on any atom is 0.404 e. The summed E-state index contributed by atoms with van der Waals surface area (Å²) in [6.45, 7) is 0.500. The minimum Gasteiger partial charge on any atom is -0.465 e. The van der Waals surface area contributed by atoms with E-state index in [4.69, 9.17) is 23.1 Å². The number of aryl methyl sites for hydroxylation is 1. The number of thiocarbonyl (C=S) groups is 1. The fourth-order valence-corrected chi connectivity index (χ4v) is 1.62. The second-order valence-electron chi connectivity index (χ2n) is 3.75. The fourth-order valence-electron chi connectivity index (χ4n) is 1.49. The number of unbranched alkanes of at least 4 members (excludes halogenated alkanes) is 1. The molecule has 0 radical (unpaired) electrons. The van der Waals surface area contributed by atoms with Gasteiger partial charge in [0.05, 0.1) is 0 Å². The second-order valence-corrected chi connectivity index (χ2v) is 4.19. The summed E-state index contributed by atoms with van der Waals surface area (Å²) in [6, 6.07) is 7.82.